The average Bonchev–Trinajstić information content (AvgIpc) is 2.84. The number of rotatable bonds is 3. The maximum Gasteiger partial charge on any atom is 0.280 e. The van der Waals surface area contributed by atoms with Crippen LogP contribution < -0.4 is 5.01 Å². The smallest absolute Gasteiger partial charge is 0.267 e. The lowest BCUT2D eigenvalue weighted by molar-refractivity contribution is -0.384. The molecule has 1 aliphatic rings. The normalized spacial score (nSPS) is 15.8. The Morgan fingerprint density at radius 3 is 2.33 bits per heavy atom. The lowest BCUT2D eigenvalue weighted by Gasteiger charge is -2.11. The molecule has 0 fully saturated rings. The van der Waals surface area contributed by atoms with Crippen molar-refractivity contribution in [3.8, 4) is 0 Å². The van der Waals surface area contributed by atoms with E-state index in [9.17, 15) is 14.9 Å². The number of benzene rings is 2. The Morgan fingerprint density at radius 2 is 1.75 bits per heavy atom. The van der Waals surface area contributed by atoms with Crippen LogP contribution in [0.1, 0.15) is 12.5 Å². The van der Waals surface area contributed by atoms with Gasteiger partial charge in [-0.05, 0) is 55.0 Å². The topological polar surface area (TPSA) is 75.8 Å². The third kappa shape index (κ3) is 3.11. The third-order valence-electron chi connectivity index (χ3n) is 3.55. The molecule has 0 unspecified atom stereocenters. The maximum absolute atomic E-state index is 12.6. The van der Waals surface area contributed by atoms with E-state index in [0.717, 1.165) is 4.47 Å². The molecule has 0 saturated carbocycles. The summed E-state index contributed by atoms with van der Waals surface area (Å²) in [6, 6.07) is 13.3. The fraction of sp³-hybridized carbons (Fsp3) is 0.0588. The first kappa shape index (κ1) is 16.1. The van der Waals surface area contributed by atoms with Crippen molar-refractivity contribution < 1.29 is 9.72 Å². The van der Waals surface area contributed by atoms with E-state index < -0.39 is 4.92 Å². The van der Waals surface area contributed by atoms with Crippen molar-refractivity contribution in [3.63, 3.8) is 0 Å². The summed E-state index contributed by atoms with van der Waals surface area (Å²) in [5, 5.41) is 16.3. The van der Waals surface area contributed by atoms with Gasteiger partial charge in [0, 0.05) is 16.6 Å². The summed E-state index contributed by atoms with van der Waals surface area (Å²) < 4.78 is 0.917. The first-order chi connectivity index (χ1) is 11.5. The van der Waals surface area contributed by atoms with Gasteiger partial charge in [-0.2, -0.15) is 10.1 Å². The van der Waals surface area contributed by atoms with Crippen molar-refractivity contribution >= 4 is 45.0 Å². The fourth-order valence-electron chi connectivity index (χ4n) is 2.30. The Labute approximate surface area is 146 Å². The SMILES string of the molecule is CC1=NN(c2ccc(Br)cc2)C(=O)/C1=C\c1ccc([N+](=O)[O-])cc1. The summed E-state index contributed by atoms with van der Waals surface area (Å²) in [5.74, 6) is -0.229. The number of nitro benzene ring substituents is 1. The Bertz CT molecular complexity index is 871. The molecular formula is C17H12BrN3O3. The van der Waals surface area contributed by atoms with Crippen molar-refractivity contribution in [2.45, 2.75) is 6.92 Å². The zero-order valence-electron chi connectivity index (χ0n) is 12.6. The molecule has 7 heteroatoms. The molecule has 1 aliphatic heterocycles. The molecule has 24 heavy (non-hydrogen) atoms. The largest absolute Gasteiger partial charge is 0.280 e. The second-order valence-corrected chi connectivity index (χ2v) is 6.10. The summed E-state index contributed by atoms with van der Waals surface area (Å²) in [6.45, 7) is 1.76. The lowest BCUT2D eigenvalue weighted by Crippen LogP contribution is -2.21. The van der Waals surface area contributed by atoms with Crippen molar-refractivity contribution in [1.29, 1.82) is 0 Å². The van der Waals surface area contributed by atoms with Crippen LogP contribution in [0.15, 0.2) is 63.7 Å². The van der Waals surface area contributed by atoms with Crippen molar-refractivity contribution in [2.75, 3.05) is 5.01 Å². The number of amides is 1. The zero-order chi connectivity index (χ0) is 17.3. The van der Waals surface area contributed by atoms with Gasteiger partial charge in [0.1, 0.15) is 0 Å². The van der Waals surface area contributed by atoms with Crippen molar-refractivity contribution in [3.05, 3.63) is 74.3 Å². The maximum atomic E-state index is 12.6. The Morgan fingerprint density at radius 1 is 1.12 bits per heavy atom. The number of non-ortho nitro benzene ring substituents is 1. The molecule has 3 rings (SSSR count). The zero-order valence-corrected chi connectivity index (χ0v) is 14.2. The number of nitrogens with zero attached hydrogens (tertiary/aromatic N) is 3. The Kier molecular flexibility index (Phi) is 4.26. The first-order valence-electron chi connectivity index (χ1n) is 7.07. The van der Waals surface area contributed by atoms with E-state index in [4.69, 9.17) is 0 Å². The van der Waals surface area contributed by atoms with Crippen LogP contribution in [-0.2, 0) is 4.79 Å². The van der Waals surface area contributed by atoms with Crippen LogP contribution in [0.3, 0.4) is 0 Å². The van der Waals surface area contributed by atoms with Gasteiger partial charge in [0.15, 0.2) is 0 Å². The highest BCUT2D eigenvalue weighted by Crippen LogP contribution is 2.26. The van der Waals surface area contributed by atoms with Gasteiger partial charge < -0.3 is 0 Å². The van der Waals surface area contributed by atoms with E-state index in [2.05, 4.69) is 21.0 Å². The minimum absolute atomic E-state index is 0.0109. The van der Waals surface area contributed by atoms with Crippen LogP contribution in [0.4, 0.5) is 11.4 Å². The van der Waals surface area contributed by atoms with E-state index in [1.165, 1.54) is 17.1 Å². The molecule has 0 aromatic heterocycles. The number of halogens is 1. The summed E-state index contributed by atoms with van der Waals surface area (Å²) in [4.78, 5) is 22.8. The predicted molar refractivity (Wildman–Crippen MR) is 95.8 cm³/mol. The quantitative estimate of drug-likeness (QED) is 0.452. The first-order valence-corrected chi connectivity index (χ1v) is 7.87. The third-order valence-corrected chi connectivity index (χ3v) is 4.08. The molecule has 0 N–H and O–H groups in total. The van der Waals surface area contributed by atoms with Gasteiger partial charge in [-0.25, -0.2) is 0 Å². The van der Waals surface area contributed by atoms with Crippen LogP contribution in [0.25, 0.3) is 6.08 Å². The molecule has 2 aromatic rings. The summed E-state index contributed by atoms with van der Waals surface area (Å²) in [7, 11) is 0. The molecular weight excluding hydrogens is 374 g/mol. The van der Waals surface area contributed by atoms with E-state index in [1.54, 1.807) is 37.3 Å². The number of carbonyl (C=O) groups excluding carboxylic acids is 1. The van der Waals surface area contributed by atoms with Gasteiger partial charge in [0.05, 0.1) is 21.9 Å². The molecule has 0 atom stereocenters. The Balaban J connectivity index is 1.89. The predicted octanol–water partition coefficient (Wildman–Crippen LogP) is 4.16. The van der Waals surface area contributed by atoms with E-state index >= 15 is 0 Å². The second-order valence-electron chi connectivity index (χ2n) is 5.19. The highest BCUT2D eigenvalue weighted by Gasteiger charge is 2.28. The van der Waals surface area contributed by atoms with Crippen LogP contribution in [0.5, 0.6) is 0 Å². The fourth-order valence-corrected chi connectivity index (χ4v) is 2.56. The average molecular weight is 386 g/mol. The van der Waals surface area contributed by atoms with Gasteiger partial charge in [0.25, 0.3) is 11.6 Å². The molecule has 0 radical (unpaired) electrons. The molecule has 120 valence electrons. The van der Waals surface area contributed by atoms with E-state index in [1.807, 2.05) is 12.1 Å². The monoisotopic (exact) mass is 385 g/mol. The van der Waals surface area contributed by atoms with Crippen molar-refractivity contribution in [2.24, 2.45) is 5.10 Å². The van der Waals surface area contributed by atoms with Gasteiger partial charge in [-0.1, -0.05) is 15.9 Å². The minimum Gasteiger partial charge on any atom is -0.267 e. The van der Waals surface area contributed by atoms with Gasteiger partial charge in [-0.3, -0.25) is 14.9 Å². The highest BCUT2D eigenvalue weighted by molar-refractivity contribution is 9.10. The van der Waals surface area contributed by atoms with Crippen LogP contribution in [-0.4, -0.2) is 16.5 Å². The number of carbonyl (C=O) groups is 1. The lowest BCUT2D eigenvalue weighted by atomic mass is 10.1. The van der Waals surface area contributed by atoms with Crippen molar-refractivity contribution in [1.82, 2.24) is 0 Å². The van der Waals surface area contributed by atoms with E-state index in [0.29, 0.717) is 22.5 Å². The van der Waals surface area contributed by atoms with Gasteiger partial charge in [-0.15, -0.1) is 0 Å². The van der Waals surface area contributed by atoms with Gasteiger partial charge in [0.2, 0.25) is 0 Å². The molecule has 0 aliphatic carbocycles. The van der Waals surface area contributed by atoms with Crippen LogP contribution in [0.2, 0.25) is 0 Å². The molecule has 1 heterocycles. The van der Waals surface area contributed by atoms with Crippen LogP contribution in [0, 0.1) is 10.1 Å². The number of nitro groups is 1. The second kappa shape index (κ2) is 6.37. The number of hydrogen-bond donors (Lipinski definition) is 0. The number of hydrogen-bond acceptors (Lipinski definition) is 4. The summed E-state index contributed by atoms with van der Waals surface area (Å²) >= 11 is 3.35. The molecule has 0 spiro atoms. The summed E-state index contributed by atoms with van der Waals surface area (Å²) in [6.07, 6.45) is 1.68. The standard InChI is InChI=1S/C17H12BrN3O3/c1-11-16(10-12-2-6-15(7-3-12)21(23)24)17(22)20(19-11)14-8-4-13(18)5-9-14/h2-10H,1H3/b16-10-. The minimum atomic E-state index is -0.459. The Hall–Kier alpha value is -2.80. The molecule has 6 nitrogen and oxygen atoms in total. The summed E-state index contributed by atoms with van der Waals surface area (Å²) in [5.41, 5.74) is 2.45. The van der Waals surface area contributed by atoms with Gasteiger partial charge >= 0.3 is 0 Å². The number of hydrazone groups is 1. The molecule has 0 bridgehead atoms. The number of anilines is 1. The highest BCUT2D eigenvalue weighted by atomic mass is 79.9. The molecule has 2 aromatic carbocycles. The van der Waals surface area contributed by atoms with E-state index in [-0.39, 0.29) is 11.6 Å². The molecule has 1 amide bonds. The molecule has 0 saturated heterocycles. The van der Waals surface area contributed by atoms with Crippen LogP contribution >= 0.6 is 15.9 Å².